The zero-order chi connectivity index (χ0) is 15.6. The van der Waals surface area contributed by atoms with Gasteiger partial charge in [-0.3, -0.25) is 9.48 Å². The third-order valence-corrected chi connectivity index (χ3v) is 5.92. The fraction of sp³-hybridized carbons (Fsp3) is 0.312. The molecule has 3 aromatic heterocycles. The molecule has 1 aliphatic rings. The van der Waals surface area contributed by atoms with Crippen molar-refractivity contribution in [2.45, 2.75) is 18.9 Å². The maximum atomic E-state index is 12.7. The van der Waals surface area contributed by atoms with Gasteiger partial charge in [0.25, 0.3) is 5.91 Å². The second-order valence-corrected chi connectivity index (χ2v) is 7.35. The summed E-state index contributed by atoms with van der Waals surface area (Å²) in [6, 6.07) is 6.22. The number of hydrogen-bond donors (Lipinski definition) is 0. The van der Waals surface area contributed by atoms with E-state index >= 15 is 0 Å². The van der Waals surface area contributed by atoms with Crippen LogP contribution in [0.4, 0.5) is 0 Å². The summed E-state index contributed by atoms with van der Waals surface area (Å²) in [4.78, 5) is 20.3. The van der Waals surface area contributed by atoms with Gasteiger partial charge in [0.2, 0.25) is 0 Å². The molecule has 0 bridgehead atoms. The summed E-state index contributed by atoms with van der Waals surface area (Å²) in [5.41, 5.74) is 0.555. The Morgan fingerprint density at radius 2 is 2.26 bits per heavy atom. The van der Waals surface area contributed by atoms with Crippen molar-refractivity contribution in [3.05, 3.63) is 47.0 Å². The second kappa shape index (κ2) is 6.25. The number of thiazole rings is 1. The van der Waals surface area contributed by atoms with Gasteiger partial charge in [-0.15, -0.1) is 22.7 Å². The van der Waals surface area contributed by atoms with Crippen LogP contribution in [-0.2, 0) is 0 Å². The number of rotatable bonds is 3. The normalized spacial score (nSPS) is 18.3. The van der Waals surface area contributed by atoms with Crippen LogP contribution in [0.25, 0.3) is 9.88 Å². The van der Waals surface area contributed by atoms with E-state index in [0.717, 1.165) is 29.3 Å². The van der Waals surface area contributed by atoms with Gasteiger partial charge < -0.3 is 4.90 Å². The van der Waals surface area contributed by atoms with E-state index in [4.69, 9.17) is 0 Å². The van der Waals surface area contributed by atoms with Crippen LogP contribution in [0, 0.1) is 0 Å². The lowest BCUT2D eigenvalue weighted by atomic mass is 10.1. The van der Waals surface area contributed by atoms with Crippen LogP contribution in [0.1, 0.15) is 29.4 Å². The quantitative estimate of drug-likeness (QED) is 0.730. The van der Waals surface area contributed by atoms with Crippen LogP contribution in [0.5, 0.6) is 0 Å². The minimum atomic E-state index is 0.0286. The molecule has 1 atom stereocenters. The first-order valence-corrected chi connectivity index (χ1v) is 9.35. The van der Waals surface area contributed by atoms with E-state index in [1.807, 2.05) is 44.7 Å². The standard InChI is InChI=1S/C16H16N4OS2/c21-16(13-11-23-15(18-13)14-5-2-9-22-14)19-7-1-4-12(10-19)20-8-3-6-17-20/h2-3,5-6,8-9,11-12H,1,4,7,10H2/t12-/m0/s1. The molecular formula is C16H16N4OS2. The monoisotopic (exact) mass is 344 g/mol. The molecule has 0 N–H and O–H groups in total. The number of likely N-dealkylation sites (tertiary alicyclic amines) is 1. The third kappa shape index (κ3) is 2.94. The van der Waals surface area contributed by atoms with Crippen LogP contribution in [-0.4, -0.2) is 38.7 Å². The summed E-state index contributed by atoms with van der Waals surface area (Å²) in [5, 5.41) is 9.13. The van der Waals surface area contributed by atoms with E-state index in [1.165, 1.54) is 11.3 Å². The zero-order valence-corrected chi connectivity index (χ0v) is 14.1. The molecule has 0 radical (unpaired) electrons. The molecule has 1 amide bonds. The summed E-state index contributed by atoms with van der Waals surface area (Å²) < 4.78 is 1.96. The maximum absolute atomic E-state index is 12.7. The minimum absolute atomic E-state index is 0.0286. The minimum Gasteiger partial charge on any atom is -0.335 e. The molecule has 1 fully saturated rings. The van der Waals surface area contributed by atoms with Gasteiger partial charge in [0.15, 0.2) is 0 Å². The number of carbonyl (C=O) groups is 1. The highest BCUT2D eigenvalue weighted by molar-refractivity contribution is 7.20. The molecule has 4 rings (SSSR count). The summed E-state index contributed by atoms with van der Waals surface area (Å²) in [6.07, 6.45) is 5.81. The molecular weight excluding hydrogens is 328 g/mol. The van der Waals surface area contributed by atoms with Crippen molar-refractivity contribution < 1.29 is 4.79 Å². The van der Waals surface area contributed by atoms with Crippen LogP contribution in [0.2, 0.25) is 0 Å². The molecule has 1 aliphatic heterocycles. The highest BCUT2D eigenvalue weighted by atomic mass is 32.1. The highest BCUT2D eigenvalue weighted by Gasteiger charge is 2.27. The van der Waals surface area contributed by atoms with E-state index < -0.39 is 0 Å². The number of piperidine rings is 1. The Labute approximate surface area is 142 Å². The van der Waals surface area contributed by atoms with Crippen molar-refractivity contribution in [3.8, 4) is 9.88 Å². The van der Waals surface area contributed by atoms with Crippen molar-refractivity contribution in [1.82, 2.24) is 19.7 Å². The zero-order valence-electron chi connectivity index (χ0n) is 12.5. The molecule has 23 heavy (non-hydrogen) atoms. The molecule has 5 nitrogen and oxygen atoms in total. The van der Waals surface area contributed by atoms with E-state index in [-0.39, 0.29) is 11.9 Å². The lowest BCUT2D eigenvalue weighted by molar-refractivity contribution is 0.0668. The number of nitrogens with zero attached hydrogens (tertiary/aromatic N) is 4. The van der Waals surface area contributed by atoms with E-state index in [9.17, 15) is 4.79 Å². The van der Waals surface area contributed by atoms with Gasteiger partial charge in [-0.05, 0) is 30.4 Å². The van der Waals surface area contributed by atoms with E-state index in [0.29, 0.717) is 12.2 Å². The molecule has 118 valence electrons. The molecule has 0 saturated carbocycles. The molecule has 1 saturated heterocycles. The molecule has 0 spiro atoms. The van der Waals surface area contributed by atoms with Gasteiger partial charge in [-0.25, -0.2) is 4.98 Å². The first kappa shape index (κ1) is 14.6. The van der Waals surface area contributed by atoms with Crippen LogP contribution < -0.4 is 0 Å². The molecule has 0 aromatic carbocycles. The summed E-state index contributed by atoms with van der Waals surface area (Å²) in [5.74, 6) is 0.0286. The maximum Gasteiger partial charge on any atom is 0.273 e. The summed E-state index contributed by atoms with van der Waals surface area (Å²) >= 11 is 3.18. The molecule has 7 heteroatoms. The number of hydrogen-bond acceptors (Lipinski definition) is 5. The van der Waals surface area contributed by atoms with Crippen molar-refractivity contribution in [3.63, 3.8) is 0 Å². The lowest BCUT2D eigenvalue weighted by Gasteiger charge is -2.32. The first-order chi connectivity index (χ1) is 11.3. The fourth-order valence-electron chi connectivity index (χ4n) is 2.90. The summed E-state index contributed by atoms with van der Waals surface area (Å²) in [7, 11) is 0. The largest absolute Gasteiger partial charge is 0.335 e. The molecule has 3 aromatic rings. The number of thiophene rings is 1. The van der Waals surface area contributed by atoms with Crippen LogP contribution in [0.3, 0.4) is 0 Å². The average Bonchev–Trinajstić information content (AvgIpc) is 3.36. The number of aromatic nitrogens is 3. The smallest absolute Gasteiger partial charge is 0.273 e. The van der Waals surface area contributed by atoms with Crippen LogP contribution >= 0.6 is 22.7 Å². The van der Waals surface area contributed by atoms with Gasteiger partial charge in [0.05, 0.1) is 10.9 Å². The average molecular weight is 344 g/mol. The van der Waals surface area contributed by atoms with E-state index in [1.54, 1.807) is 17.5 Å². The van der Waals surface area contributed by atoms with Gasteiger partial charge in [0.1, 0.15) is 10.7 Å². The Bertz CT molecular complexity index is 779. The van der Waals surface area contributed by atoms with Crippen molar-refractivity contribution in [2.75, 3.05) is 13.1 Å². The first-order valence-electron chi connectivity index (χ1n) is 7.59. The second-order valence-electron chi connectivity index (χ2n) is 5.55. The Balaban J connectivity index is 1.50. The SMILES string of the molecule is O=C(c1csc(-c2cccs2)n1)N1CCC[C@H](n2cccn2)C1. The Morgan fingerprint density at radius 3 is 3.04 bits per heavy atom. The summed E-state index contributed by atoms with van der Waals surface area (Å²) in [6.45, 7) is 1.49. The Kier molecular flexibility index (Phi) is 3.97. The topological polar surface area (TPSA) is 51.0 Å². The van der Waals surface area contributed by atoms with Gasteiger partial charge in [-0.1, -0.05) is 6.07 Å². The van der Waals surface area contributed by atoms with Gasteiger partial charge in [0, 0.05) is 30.9 Å². The van der Waals surface area contributed by atoms with Crippen molar-refractivity contribution in [2.24, 2.45) is 0 Å². The fourth-order valence-corrected chi connectivity index (χ4v) is 4.51. The highest BCUT2D eigenvalue weighted by Crippen LogP contribution is 2.29. The van der Waals surface area contributed by atoms with Crippen molar-refractivity contribution in [1.29, 1.82) is 0 Å². The predicted molar refractivity (Wildman–Crippen MR) is 91.8 cm³/mol. The van der Waals surface area contributed by atoms with E-state index in [2.05, 4.69) is 10.1 Å². The van der Waals surface area contributed by atoms with Crippen LogP contribution in [0.15, 0.2) is 41.4 Å². The van der Waals surface area contributed by atoms with Gasteiger partial charge >= 0.3 is 0 Å². The molecule has 4 heterocycles. The number of carbonyl (C=O) groups excluding carboxylic acids is 1. The Hall–Kier alpha value is -1.99. The third-order valence-electron chi connectivity index (χ3n) is 4.04. The van der Waals surface area contributed by atoms with Gasteiger partial charge in [-0.2, -0.15) is 5.10 Å². The van der Waals surface area contributed by atoms with Crippen molar-refractivity contribution >= 4 is 28.6 Å². The lowest BCUT2D eigenvalue weighted by Crippen LogP contribution is -2.41. The number of amides is 1. The molecule has 0 unspecified atom stereocenters. The predicted octanol–water partition coefficient (Wildman–Crippen LogP) is 3.55. The Morgan fingerprint density at radius 1 is 1.30 bits per heavy atom. The molecule has 0 aliphatic carbocycles.